The highest BCUT2D eigenvalue weighted by molar-refractivity contribution is 7.26. The molecule has 1 atom stereocenters. The van der Waals surface area contributed by atoms with Crippen molar-refractivity contribution in [3.8, 4) is 16.8 Å². The minimum Gasteiger partial charge on any atom is -0.344 e. The van der Waals surface area contributed by atoms with E-state index in [9.17, 15) is 0 Å². The molecule has 0 amide bonds. The molecule has 0 fully saturated rings. The molecule has 1 aliphatic rings. The molecule has 0 aliphatic carbocycles. The van der Waals surface area contributed by atoms with Gasteiger partial charge in [-0.1, -0.05) is 133 Å². The second kappa shape index (κ2) is 12.8. The van der Waals surface area contributed by atoms with Crippen LogP contribution in [0.1, 0.15) is 22.9 Å². The van der Waals surface area contributed by atoms with Crippen LogP contribution in [-0.4, -0.2) is 16.2 Å². The van der Waals surface area contributed by atoms with Crippen molar-refractivity contribution in [3.63, 3.8) is 0 Å². The van der Waals surface area contributed by atoms with E-state index in [2.05, 4.69) is 168 Å². The molecular formula is C51H32N4S2. The van der Waals surface area contributed by atoms with Crippen LogP contribution in [0.4, 0.5) is 0 Å². The molecular weight excluding hydrogens is 733 g/mol. The van der Waals surface area contributed by atoms with E-state index in [1.54, 1.807) is 0 Å². The molecule has 0 saturated heterocycles. The highest BCUT2D eigenvalue weighted by Gasteiger charge is 2.24. The summed E-state index contributed by atoms with van der Waals surface area (Å²) in [5.41, 5.74) is 9.28. The Kier molecular flexibility index (Phi) is 7.30. The molecule has 6 heteroatoms. The molecule has 0 spiro atoms. The van der Waals surface area contributed by atoms with Crippen molar-refractivity contribution in [2.45, 2.75) is 6.17 Å². The van der Waals surface area contributed by atoms with Crippen molar-refractivity contribution in [2.75, 3.05) is 0 Å². The van der Waals surface area contributed by atoms with Gasteiger partial charge in [-0.05, 0) is 59.7 Å². The van der Waals surface area contributed by atoms with E-state index in [1.165, 1.54) is 79.0 Å². The lowest BCUT2D eigenvalue weighted by Crippen LogP contribution is -2.33. The lowest BCUT2D eigenvalue weighted by atomic mass is 9.98. The third-order valence-electron chi connectivity index (χ3n) is 11.3. The second-order valence-electron chi connectivity index (χ2n) is 14.6. The van der Waals surface area contributed by atoms with Crippen molar-refractivity contribution in [1.29, 1.82) is 0 Å². The van der Waals surface area contributed by atoms with Crippen LogP contribution >= 0.6 is 22.7 Å². The van der Waals surface area contributed by atoms with Crippen molar-refractivity contribution in [1.82, 2.24) is 9.88 Å². The van der Waals surface area contributed by atoms with Gasteiger partial charge < -0.3 is 9.88 Å². The quantitative estimate of drug-likeness (QED) is 0.186. The first-order chi connectivity index (χ1) is 28.2. The molecule has 12 rings (SSSR count). The largest absolute Gasteiger partial charge is 0.344 e. The first-order valence-electron chi connectivity index (χ1n) is 19.2. The standard InChI is InChI=1S/C51H32N4S2/c1-3-13-31(14-4-1)49-52-50(32-15-5-2-6-16-32)54-51(53-49)38-20-12-24-46-47(38)40-30-34(26-28-45(40)56-46)33-25-27-44-39(29-33)37-19-11-23-43(48(37)57-44)55-41-21-9-7-17-35(41)36-18-8-10-22-42(36)55/h1-30,51H,(H,52,53,54). The van der Waals surface area contributed by atoms with E-state index in [1.807, 2.05) is 46.9 Å². The average Bonchev–Trinajstić information content (AvgIpc) is 3.96. The van der Waals surface area contributed by atoms with Crippen molar-refractivity contribution >= 4 is 96.5 Å². The zero-order chi connectivity index (χ0) is 37.5. The van der Waals surface area contributed by atoms with Gasteiger partial charge in [0.05, 0.1) is 21.4 Å². The van der Waals surface area contributed by atoms with Crippen LogP contribution in [0.3, 0.4) is 0 Å². The summed E-state index contributed by atoms with van der Waals surface area (Å²) in [7, 11) is 0. The molecule has 57 heavy (non-hydrogen) atoms. The van der Waals surface area contributed by atoms with E-state index < -0.39 is 0 Å². The number of rotatable bonds is 5. The van der Waals surface area contributed by atoms with Crippen LogP contribution in [0.5, 0.6) is 0 Å². The summed E-state index contributed by atoms with van der Waals surface area (Å²) >= 11 is 3.72. The molecule has 1 N–H and O–H groups in total. The smallest absolute Gasteiger partial charge is 0.159 e. The van der Waals surface area contributed by atoms with Gasteiger partial charge in [0.25, 0.3) is 0 Å². The highest BCUT2D eigenvalue weighted by Crippen LogP contribution is 2.44. The van der Waals surface area contributed by atoms with E-state index in [4.69, 9.17) is 9.98 Å². The summed E-state index contributed by atoms with van der Waals surface area (Å²) in [6.07, 6.45) is -0.310. The predicted molar refractivity (Wildman–Crippen MR) is 244 cm³/mol. The third-order valence-corrected chi connectivity index (χ3v) is 13.6. The van der Waals surface area contributed by atoms with Crippen LogP contribution in [0.25, 0.3) is 79.0 Å². The second-order valence-corrected chi connectivity index (χ2v) is 16.7. The van der Waals surface area contributed by atoms with Gasteiger partial charge in [0.1, 0.15) is 12.0 Å². The van der Waals surface area contributed by atoms with E-state index in [-0.39, 0.29) is 6.17 Å². The number of thiophene rings is 2. The number of aliphatic imine (C=N–C) groups is 2. The topological polar surface area (TPSA) is 41.7 Å². The minimum atomic E-state index is -0.310. The Bertz CT molecular complexity index is 3390. The van der Waals surface area contributed by atoms with Crippen LogP contribution in [-0.2, 0) is 0 Å². The Labute approximate surface area is 336 Å². The van der Waals surface area contributed by atoms with Crippen molar-refractivity contribution < 1.29 is 0 Å². The Morgan fingerprint density at radius 2 is 1.07 bits per heavy atom. The number of nitrogens with one attached hydrogen (secondary N) is 1. The van der Waals surface area contributed by atoms with Gasteiger partial charge in [0.15, 0.2) is 5.84 Å². The summed E-state index contributed by atoms with van der Waals surface area (Å²) in [5, 5.41) is 11.3. The van der Waals surface area contributed by atoms with Gasteiger partial charge in [-0.15, -0.1) is 22.7 Å². The molecule has 3 aromatic heterocycles. The summed E-state index contributed by atoms with van der Waals surface area (Å²) in [4.78, 5) is 10.3. The maximum absolute atomic E-state index is 5.25. The fraction of sp³-hybridized carbons (Fsp3) is 0.0196. The number of benzene rings is 8. The molecule has 11 aromatic rings. The summed E-state index contributed by atoms with van der Waals surface area (Å²) in [5.74, 6) is 1.55. The highest BCUT2D eigenvalue weighted by atomic mass is 32.1. The Morgan fingerprint density at radius 3 is 1.81 bits per heavy atom. The number of nitrogens with zero attached hydrogens (tertiary/aromatic N) is 3. The zero-order valence-corrected chi connectivity index (χ0v) is 32.2. The fourth-order valence-electron chi connectivity index (χ4n) is 8.65. The fourth-order valence-corrected chi connectivity index (χ4v) is 11.0. The summed E-state index contributed by atoms with van der Waals surface area (Å²) in [6.45, 7) is 0. The van der Waals surface area contributed by atoms with Crippen LogP contribution < -0.4 is 5.32 Å². The number of aromatic nitrogens is 1. The molecule has 8 aromatic carbocycles. The first-order valence-corrected chi connectivity index (χ1v) is 20.8. The lowest BCUT2D eigenvalue weighted by Gasteiger charge is -2.24. The molecule has 1 aliphatic heterocycles. The number of fused-ring (bicyclic) bond motifs is 9. The van der Waals surface area contributed by atoms with E-state index in [0.717, 1.165) is 28.4 Å². The minimum absolute atomic E-state index is 0.310. The average molecular weight is 765 g/mol. The maximum atomic E-state index is 5.25. The lowest BCUT2D eigenvalue weighted by molar-refractivity contribution is 0.680. The predicted octanol–water partition coefficient (Wildman–Crippen LogP) is 13.7. The van der Waals surface area contributed by atoms with E-state index >= 15 is 0 Å². The third kappa shape index (κ3) is 5.18. The number of para-hydroxylation sites is 2. The maximum Gasteiger partial charge on any atom is 0.159 e. The zero-order valence-electron chi connectivity index (χ0n) is 30.6. The molecule has 0 bridgehead atoms. The van der Waals surface area contributed by atoms with E-state index in [0.29, 0.717) is 0 Å². The van der Waals surface area contributed by atoms with Crippen LogP contribution in [0.15, 0.2) is 192 Å². The molecule has 0 radical (unpaired) electrons. The van der Waals surface area contributed by atoms with Gasteiger partial charge in [-0.3, -0.25) is 0 Å². The Morgan fingerprint density at radius 1 is 0.456 bits per heavy atom. The van der Waals surface area contributed by atoms with Crippen LogP contribution in [0, 0.1) is 0 Å². The van der Waals surface area contributed by atoms with Gasteiger partial charge in [0.2, 0.25) is 0 Å². The normalized spacial score (nSPS) is 14.5. The van der Waals surface area contributed by atoms with Gasteiger partial charge in [0, 0.05) is 63.1 Å². The number of amidine groups is 2. The SMILES string of the molecule is c1ccc(C2=NC(c3cccc4sc5ccc(-c6ccc7sc8c(-n9c%10ccccc%10c%10ccccc%109)cccc8c7c6)cc5c34)NC(c3ccccc3)=N2)cc1. The van der Waals surface area contributed by atoms with Gasteiger partial charge in [-0.2, -0.15) is 0 Å². The van der Waals surface area contributed by atoms with Crippen molar-refractivity contribution in [2.24, 2.45) is 9.98 Å². The number of hydrogen-bond donors (Lipinski definition) is 1. The molecule has 268 valence electrons. The Hall–Kier alpha value is -6.86. The van der Waals surface area contributed by atoms with Crippen molar-refractivity contribution in [3.05, 3.63) is 199 Å². The monoisotopic (exact) mass is 764 g/mol. The Balaban J connectivity index is 0.992. The summed E-state index contributed by atoms with van der Waals surface area (Å²) < 4.78 is 7.54. The van der Waals surface area contributed by atoms with Crippen LogP contribution in [0.2, 0.25) is 0 Å². The molecule has 0 saturated carbocycles. The number of hydrogen-bond acceptors (Lipinski definition) is 5. The van der Waals surface area contributed by atoms with Gasteiger partial charge >= 0.3 is 0 Å². The first kappa shape index (κ1) is 32.4. The van der Waals surface area contributed by atoms with Gasteiger partial charge in [-0.25, -0.2) is 9.98 Å². The summed E-state index contributed by atoms with van der Waals surface area (Å²) in [6, 6.07) is 65.4. The molecule has 4 nitrogen and oxygen atoms in total. The molecule has 1 unspecified atom stereocenters. The molecule has 4 heterocycles.